The van der Waals surface area contributed by atoms with Gasteiger partial charge in [-0.25, -0.2) is 28.3 Å². The third-order valence-corrected chi connectivity index (χ3v) is 10.2. The first-order valence-corrected chi connectivity index (χ1v) is 19.0. The van der Waals surface area contributed by atoms with Crippen molar-refractivity contribution >= 4 is 52.6 Å². The molecule has 0 radical (unpaired) electrons. The first-order chi connectivity index (χ1) is 24.4. The number of nitrogens with zero attached hydrogens (tertiary/aromatic N) is 4. The lowest BCUT2D eigenvalue weighted by molar-refractivity contribution is -0.119. The third-order valence-electron chi connectivity index (χ3n) is 8.79. The number of anilines is 3. The number of ether oxygens (including phenoxy) is 2. The van der Waals surface area contributed by atoms with Gasteiger partial charge in [-0.15, -0.1) is 11.3 Å². The van der Waals surface area contributed by atoms with Crippen molar-refractivity contribution in [1.82, 2.24) is 19.9 Å². The fraction of sp³-hybridized carbons (Fsp3) is 0.486. The molecule has 0 aliphatic rings. The van der Waals surface area contributed by atoms with Crippen molar-refractivity contribution in [3.05, 3.63) is 59.6 Å². The molecule has 2 aromatic carbocycles. The molecule has 284 valence electrons. The molecule has 0 unspecified atom stereocenters. The molecule has 13 nitrogen and oxygen atoms in total. The van der Waals surface area contributed by atoms with Crippen LogP contribution in [0.1, 0.15) is 52.8 Å². The number of alkyl halides is 1. The van der Waals surface area contributed by atoms with Crippen molar-refractivity contribution in [2.75, 3.05) is 50.7 Å². The summed E-state index contributed by atoms with van der Waals surface area (Å²) < 4.78 is 56.2. The van der Waals surface area contributed by atoms with Gasteiger partial charge in [0.15, 0.2) is 16.6 Å². The fourth-order valence-electron chi connectivity index (χ4n) is 6.72. The fourth-order valence-corrected chi connectivity index (χ4v) is 7.89. The van der Waals surface area contributed by atoms with Crippen molar-refractivity contribution in [3.63, 3.8) is 0 Å². The second-order valence-electron chi connectivity index (χ2n) is 14.2. The van der Waals surface area contributed by atoms with Gasteiger partial charge in [0, 0.05) is 41.3 Å². The van der Waals surface area contributed by atoms with Gasteiger partial charge in [-0.05, 0) is 41.5 Å². The Kier molecular flexibility index (Phi) is 13.3. The Morgan fingerprint density at radius 2 is 1.75 bits per heavy atom. The largest absolute Gasteiger partial charge is 0.493 e. The molecule has 2 heterocycles. The van der Waals surface area contributed by atoms with Gasteiger partial charge in [-0.1, -0.05) is 47.6 Å². The van der Waals surface area contributed by atoms with E-state index in [-0.39, 0.29) is 32.1 Å². The number of hydrogen-bond acceptors (Lipinski definition) is 11. The number of hydrogen-bond donors (Lipinski definition) is 4. The lowest BCUT2D eigenvalue weighted by atomic mass is 9.59. The second-order valence-corrected chi connectivity index (χ2v) is 16.6. The first kappa shape index (κ1) is 41.0. The number of thiazole rings is 1. The van der Waals surface area contributed by atoms with Crippen LogP contribution in [0.25, 0.3) is 10.9 Å². The Bertz CT molecular complexity index is 1860. The van der Waals surface area contributed by atoms with Crippen molar-refractivity contribution in [3.8, 4) is 11.5 Å². The quantitative estimate of drug-likeness (QED) is 0.0635. The highest BCUT2D eigenvalue weighted by Gasteiger charge is 2.55. The number of amides is 1. The molecule has 0 bridgehead atoms. The summed E-state index contributed by atoms with van der Waals surface area (Å²) in [5.74, 6) is 0.562. The van der Waals surface area contributed by atoms with E-state index in [0.717, 1.165) is 0 Å². The zero-order valence-electron chi connectivity index (χ0n) is 30.4. The van der Waals surface area contributed by atoms with Gasteiger partial charge < -0.3 is 29.9 Å². The Labute approximate surface area is 306 Å². The van der Waals surface area contributed by atoms with Crippen molar-refractivity contribution < 1.29 is 41.9 Å². The highest BCUT2D eigenvalue weighted by molar-refractivity contribution is 7.46. The number of methoxy groups -OCH3 is 1. The maximum absolute atomic E-state index is 14.0. The normalized spacial score (nSPS) is 12.7. The van der Waals surface area contributed by atoms with Crippen LogP contribution < -0.4 is 20.1 Å². The number of aromatic nitrogens is 3. The minimum atomic E-state index is -4.80. The molecule has 4 N–H and O–H groups in total. The number of halogens is 2. The number of carbonyl (C=O) groups excluding carboxylic acids is 1. The molecule has 0 saturated carbocycles. The van der Waals surface area contributed by atoms with Crippen molar-refractivity contribution in [2.45, 2.75) is 59.9 Å². The number of phosphoric acid groups is 1. The van der Waals surface area contributed by atoms with Crippen molar-refractivity contribution in [2.24, 2.45) is 10.8 Å². The molecule has 0 saturated heterocycles. The highest BCUT2D eigenvalue weighted by Crippen LogP contribution is 2.51. The molecule has 2 aromatic heterocycles. The van der Waals surface area contributed by atoms with E-state index in [4.69, 9.17) is 14.0 Å². The summed E-state index contributed by atoms with van der Waals surface area (Å²) in [6.45, 7) is 11.4. The Balaban J connectivity index is 1.46. The summed E-state index contributed by atoms with van der Waals surface area (Å²) in [6, 6.07) is 9.14. The van der Waals surface area contributed by atoms with E-state index in [2.05, 4.69) is 25.6 Å². The van der Waals surface area contributed by atoms with Gasteiger partial charge >= 0.3 is 7.82 Å². The van der Waals surface area contributed by atoms with Gasteiger partial charge in [0.2, 0.25) is 5.91 Å². The summed E-state index contributed by atoms with van der Waals surface area (Å²) in [4.78, 5) is 47.4. The van der Waals surface area contributed by atoms with E-state index in [1.54, 1.807) is 24.4 Å². The molecule has 4 rings (SSSR count). The van der Waals surface area contributed by atoms with Crippen molar-refractivity contribution in [1.29, 1.82) is 0 Å². The minimum Gasteiger partial charge on any atom is -0.493 e. The highest BCUT2D eigenvalue weighted by atomic mass is 32.1. The number of phosphoric ester groups is 1. The maximum atomic E-state index is 14.0. The van der Waals surface area contributed by atoms with Crippen LogP contribution in [0.5, 0.6) is 11.5 Å². The molecule has 0 fully saturated rings. The second kappa shape index (κ2) is 16.9. The summed E-state index contributed by atoms with van der Waals surface area (Å²) in [5, 5.41) is 6.99. The van der Waals surface area contributed by atoms with Crippen LogP contribution in [0.15, 0.2) is 48.9 Å². The molecule has 4 aromatic rings. The van der Waals surface area contributed by atoms with Gasteiger partial charge in [-0.2, -0.15) is 0 Å². The average molecular weight is 765 g/mol. The molecule has 1 amide bonds. The minimum absolute atomic E-state index is 0.0355. The van der Waals surface area contributed by atoms with Crippen LogP contribution in [0.2, 0.25) is 0 Å². The molecular formula is C35H47F2N6O7PS. The summed E-state index contributed by atoms with van der Waals surface area (Å²) in [7, 11) is -3.29. The van der Waals surface area contributed by atoms with Crippen LogP contribution in [-0.2, 0) is 20.3 Å². The first-order valence-electron chi connectivity index (χ1n) is 16.6. The monoisotopic (exact) mass is 764 g/mol. The molecule has 0 atom stereocenters. The number of rotatable bonds is 17. The van der Waals surface area contributed by atoms with Crippen LogP contribution in [0, 0.1) is 16.6 Å². The molecule has 52 heavy (non-hydrogen) atoms. The Morgan fingerprint density at radius 1 is 1.02 bits per heavy atom. The van der Waals surface area contributed by atoms with E-state index in [9.17, 15) is 27.9 Å². The third kappa shape index (κ3) is 10.2. The van der Waals surface area contributed by atoms with Gasteiger partial charge in [0.1, 0.15) is 24.6 Å². The lowest BCUT2D eigenvalue weighted by Gasteiger charge is -2.59. The summed E-state index contributed by atoms with van der Waals surface area (Å²) in [6.07, 6.45) is 3.48. The maximum Gasteiger partial charge on any atom is 0.469 e. The van der Waals surface area contributed by atoms with E-state index in [1.165, 1.54) is 43.0 Å². The van der Waals surface area contributed by atoms with Crippen LogP contribution in [-0.4, -0.2) is 81.2 Å². The van der Waals surface area contributed by atoms with E-state index in [1.807, 2.05) is 46.4 Å². The molecular weight excluding hydrogens is 717 g/mol. The number of carbonyl (C=O) groups is 1. The Hall–Kier alpha value is -3.79. The predicted octanol–water partition coefficient (Wildman–Crippen LogP) is 7.14. The molecule has 0 spiro atoms. The SMILES string of the molecule is COc1cc2c(Nc3ncc(CC(=O)Nc4cccc(F)c4)s3)ncnc2cc1OCCCN(CCF)C(COP(=O)(O)O)(C(C)(C)C)C(C)(C)C. The van der Waals surface area contributed by atoms with E-state index < -0.39 is 36.7 Å². The van der Waals surface area contributed by atoms with E-state index >= 15 is 0 Å². The van der Waals surface area contributed by atoms with Crippen LogP contribution in [0.3, 0.4) is 0 Å². The van der Waals surface area contributed by atoms with Crippen LogP contribution >= 0.6 is 19.2 Å². The smallest absolute Gasteiger partial charge is 0.469 e. The number of nitrogens with one attached hydrogen (secondary N) is 2. The molecule has 0 aliphatic carbocycles. The zero-order valence-corrected chi connectivity index (χ0v) is 32.1. The summed E-state index contributed by atoms with van der Waals surface area (Å²) in [5.41, 5.74) is -1.16. The van der Waals surface area contributed by atoms with Crippen LogP contribution in [0.4, 0.5) is 25.4 Å². The average Bonchev–Trinajstić information content (AvgIpc) is 3.47. The van der Waals surface area contributed by atoms with Gasteiger partial charge in [0.05, 0.1) is 37.8 Å². The Morgan fingerprint density at radius 3 is 2.38 bits per heavy atom. The summed E-state index contributed by atoms with van der Waals surface area (Å²) >= 11 is 1.27. The van der Waals surface area contributed by atoms with Gasteiger partial charge in [-0.3, -0.25) is 14.2 Å². The number of benzene rings is 2. The molecule has 17 heteroatoms. The predicted molar refractivity (Wildman–Crippen MR) is 198 cm³/mol. The zero-order chi connectivity index (χ0) is 38.3. The molecule has 0 aliphatic heterocycles. The lowest BCUT2D eigenvalue weighted by Crippen LogP contribution is -2.67. The topological polar surface area (TPSA) is 168 Å². The standard InChI is InChI=1S/C35H47F2N6O7PS/c1-33(2,3)35(34(4,5)6,21-50-51(45,46)47)43(14-12-36)13-9-15-49-29-19-27-26(18-28(29)48-7)31(40-22-39-27)42-32-38-20-25(52-32)17-30(44)41-24-11-8-10-23(37)16-24/h8,10-11,16,18-20,22H,9,12-15,17,21H2,1-7H3,(H,41,44)(H2,45,46,47)(H,38,39,40,42). The van der Waals surface area contributed by atoms with E-state index in [0.29, 0.717) is 56.9 Å². The van der Waals surface area contributed by atoms with Gasteiger partial charge in [0.25, 0.3) is 0 Å². The number of fused-ring (bicyclic) bond motifs is 1.